The van der Waals surface area contributed by atoms with Crippen LogP contribution in [-0.2, 0) is 22.4 Å². The highest BCUT2D eigenvalue weighted by Gasteiger charge is 2.28. The molecule has 8 heteroatoms. The zero-order valence-electron chi connectivity index (χ0n) is 16.7. The number of hydrogen-bond donors (Lipinski definition) is 0. The van der Waals surface area contributed by atoms with Crippen LogP contribution in [0.15, 0.2) is 55.1 Å². The number of hydrogen-bond acceptors (Lipinski definition) is 3. The van der Waals surface area contributed by atoms with Gasteiger partial charge >= 0.3 is 0 Å². The Morgan fingerprint density at radius 1 is 1.06 bits per heavy atom. The standard InChI is InChI=1S/C23H22Cl4N2O2/c24-15-7-8-17(21(27)11-15)22(12-18-19(25)4-2-5-20(18)26)31-23-6-1-3-16(30-23)13-29-10-9-28-14-29/h2,4-5,7-11,14,16,22-23H,1,3,6,12-13H2. The fourth-order valence-corrected chi connectivity index (χ4v) is 4.90. The molecule has 0 saturated carbocycles. The maximum atomic E-state index is 6.53. The highest BCUT2D eigenvalue weighted by atomic mass is 35.5. The van der Waals surface area contributed by atoms with Gasteiger partial charge in [-0.2, -0.15) is 0 Å². The van der Waals surface area contributed by atoms with E-state index in [4.69, 9.17) is 55.9 Å². The Labute approximate surface area is 202 Å². The van der Waals surface area contributed by atoms with Crippen molar-refractivity contribution >= 4 is 46.4 Å². The quantitative estimate of drug-likeness (QED) is 0.340. The first-order valence-corrected chi connectivity index (χ1v) is 11.7. The molecular formula is C23H22Cl4N2O2. The number of rotatable bonds is 7. The smallest absolute Gasteiger partial charge is 0.158 e. The molecule has 1 aromatic heterocycles. The minimum Gasteiger partial charge on any atom is -0.348 e. The van der Waals surface area contributed by atoms with Crippen LogP contribution >= 0.6 is 46.4 Å². The number of halogens is 4. The van der Waals surface area contributed by atoms with Gasteiger partial charge in [-0.25, -0.2) is 4.98 Å². The van der Waals surface area contributed by atoms with Crippen molar-refractivity contribution in [2.45, 2.75) is 50.7 Å². The van der Waals surface area contributed by atoms with E-state index in [1.807, 2.05) is 35.0 Å². The molecule has 2 heterocycles. The van der Waals surface area contributed by atoms with E-state index >= 15 is 0 Å². The first-order valence-electron chi connectivity index (χ1n) is 10.1. The van der Waals surface area contributed by atoms with Gasteiger partial charge in [-0.1, -0.05) is 58.5 Å². The Balaban J connectivity index is 1.55. The molecule has 0 radical (unpaired) electrons. The van der Waals surface area contributed by atoms with Gasteiger partial charge in [0.2, 0.25) is 0 Å². The largest absolute Gasteiger partial charge is 0.348 e. The Bertz CT molecular complexity index is 993. The van der Waals surface area contributed by atoms with Gasteiger partial charge in [0, 0.05) is 45.4 Å². The van der Waals surface area contributed by atoms with E-state index in [9.17, 15) is 0 Å². The minimum atomic E-state index is -0.390. The van der Waals surface area contributed by atoms with Crippen molar-refractivity contribution in [3.8, 4) is 0 Å². The van der Waals surface area contributed by atoms with Crippen molar-refractivity contribution < 1.29 is 9.47 Å². The van der Waals surface area contributed by atoms with Crippen molar-refractivity contribution in [1.29, 1.82) is 0 Å². The van der Waals surface area contributed by atoms with Gasteiger partial charge in [0.25, 0.3) is 0 Å². The Morgan fingerprint density at radius 2 is 1.87 bits per heavy atom. The van der Waals surface area contributed by atoms with Crippen LogP contribution in [0.2, 0.25) is 20.1 Å². The van der Waals surface area contributed by atoms with E-state index in [-0.39, 0.29) is 18.5 Å². The van der Waals surface area contributed by atoms with Crippen molar-refractivity contribution in [3.63, 3.8) is 0 Å². The summed E-state index contributed by atoms with van der Waals surface area (Å²) in [6, 6.07) is 10.9. The molecule has 3 aromatic rings. The molecule has 1 saturated heterocycles. The van der Waals surface area contributed by atoms with Crippen LogP contribution in [0.5, 0.6) is 0 Å². The SMILES string of the molecule is Clc1ccc(C(Cc2c(Cl)cccc2Cl)OC2CCCC(Cn3ccnc3)O2)c(Cl)c1. The second-order valence-electron chi connectivity index (χ2n) is 7.57. The van der Waals surface area contributed by atoms with E-state index in [1.165, 1.54) is 0 Å². The summed E-state index contributed by atoms with van der Waals surface area (Å²) in [5.41, 5.74) is 1.63. The Kier molecular flexibility index (Phi) is 7.81. The molecule has 0 aliphatic carbocycles. The average molecular weight is 500 g/mol. The molecule has 3 atom stereocenters. The van der Waals surface area contributed by atoms with E-state index in [1.54, 1.807) is 24.7 Å². The fourth-order valence-electron chi connectivity index (χ4n) is 3.82. The van der Waals surface area contributed by atoms with E-state index in [0.717, 1.165) is 36.9 Å². The summed E-state index contributed by atoms with van der Waals surface area (Å²) in [5.74, 6) is 0. The van der Waals surface area contributed by atoms with Gasteiger partial charge in [0.1, 0.15) is 0 Å². The average Bonchev–Trinajstić information content (AvgIpc) is 3.23. The number of nitrogens with zero attached hydrogens (tertiary/aromatic N) is 2. The van der Waals surface area contributed by atoms with Crippen LogP contribution in [0.4, 0.5) is 0 Å². The van der Waals surface area contributed by atoms with Crippen LogP contribution in [0.25, 0.3) is 0 Å². The molecule has 0 N–H and O–H groups in total. The number of benzene rings is 2. The van der Waals surface area contributed by atoms with Crippen LogP contribution in [0.3, 0.4) is 0 Å². The summed E-state index contributed by atoms with van der Waals surface area (Å²) in [6.07, 6.45) is 8.05. The fraction of sp³-hybridized carbons (Fsp3) is 0.348. The third kappa shape index (κ3) is 5.95. The van der Waals surface area contributed by atoms with Crippen LogP contribution in [0, 0.1) is 0 Å². The maximum absolute atomic E-state index is 6.53. The van der Waals surface area contributed by atoms with E-state index in [2.05, 4.69) is 4.98 Å². The predicted molar refractivity (Wildman–Crippen MR) is 125 cm³/mol. The lowest BCUT2D eigenvalue weighted by Crippen LogP contribution is -2.33. The zero-order chi connectivity index (χ0) is 21.8. The normalized spacial score (nSPS) is 20.0. The minimum absolute atomic E-state index is 0.0539. The number of ether oxygens (including phenoxy) is 2. The van der Waals surface area contributed by atoms with Crippen molar-refractivity contribution in [2.75, 3.05) is 0 Å². The first-order chi connectivity index (χ1) is 15.0. The lowest BCUT2D eigenvalue weighted by atomic mass is 10.0. The lowest BCUT2D eigenvalue weighted by Gasteiger charge is -2.33. The summed E-state index contributed by atoms with van der Waals surface area (Å²) in [4.78, 5) is 4.10. The molecule has 1 aliphatic heterocycles. The molecule has 164 valence electrons. The number of imidazole rings is 1. The van der Waals surface area contributed by atoms with Crippen LogP contribution in [0.1, 0.15) is 36.5 Å². The van der Waals surface area contributed by atoms with Crippen molar-refractivity contribution in [3.05, 3.63) is 86.3 Å². The van der Waals surface area contributed by atoms with Crippen LogP contribution < -0.4 is 0 Å². The molecule has 3 unspecified atom stereocenters. The second kappa shape index (κ2) is 10.6. The van der Waals surface area contributed by atoms with Gasteiger partial charge in [-0.05, 0) is 54.7 Å². The molecule has 0 amide bonds. The van der Waals surface area contributed by atoms with Gasteiger partial charge in [0.15, 0.2) is 6.29 Å². The molecular weight excluding hydrogens is 478 g/mol. The van der Waals surface area contributed by atoms with E-state index in [0.29, 0.717) is 26.5 Å². The van der Waals surface area contributed by atoms with Crippen LogP contribution in [-0.4, -0.2) is 21.9 Å². The third-order valence-corrected chi connectivity index (χ3v) is 6.63. The first kappa shape index (κ1) is 22.9. The van der Waals surface area contributed by atoms with Gasteiger partial charge in [0.05, 0.1) is 18.5 Å². The molecule has 0 bridgehead atoms. The molecule has 2 aromatic carbocycles. The predicted octanol–water partition coefficient (Wildman–Crippen LogP) is 7.39. The maximum Gasteiger partial charge on any atom is 0.158 e. The highest BCUT2D eigenvalue weighted by molar-refractivity contribution is 6.36. The molecule has 4 nitrogen and oxygen atoms in total. The zero-order valence-corrected chi connectivity index (χ0v) is 19.7. The summed E-state index contributed by atoms with van der Waals surface area (Å²) in [7, 11) is 0. The lowest BCUT2D eigenvalue weighted by molar-refractivity contribution is -0.218. The summed E-state index contributed by atoms with van der Waals surface area (Å²) >= 11 is 25.5. The van der Waals surface area contributed by atoms with Gasteiger partial charge in [-0.3, -0.25) is 0 Å². The molecule has 31 heavy (non-hydrogen) atoms. The Morgan fingerprint density at radius 3 is 2.58 bits per heavy atom. The highest BCUT2D eigenvalue weighted by Crippen LogP contribution is 2.37. The molecule has 4 rings (SSSR count). The third-order valence-electron chi connectivity index (χ3n) is 5.36. The summed E-state index contributed by atoms with van der Waals surface area (Å²) in [5, 5.41) is 2.28. The second-order valence-corrected chi connectivity index (χ2v) is 9.23. The van der Waals surface area contributed by atoms with Crippen molar-refractivity contribution in [2.24, 2.45) is 0 Å². The van der Waals surface area contributed by atoms with Gasteiger partial charge in [-0.15, -0.1) is 0 Å². The van der Waals surface area contributed by atoms with Crippen molar-refractivity contribution in [1.82, 2.24) is 9.55 Å². The molecule has 1 fully saturated rings. The molecule has 1 aliphatic rings. The van der Waals surface area contributed by atoms with Gasteiger partial charge < -0.3 is 14.0 Å². The molecule has 0 spiro atoms. The Hall–Kier alpha value is -1.27. The summed E-state index contributed by atoms with van der Waals surface area (Å²) < 4.78 is 14.8. The topological polar surface area (TPSA) is 36.3 Å². The monoisotopic (exact) mass is 498 g/mol. The number of aromatic nitrogens is 2. The van der Waals surface area contributed by atoms with E-state index < -0.39 is 0 Å². The summed E-state index contributed by atoms with van der Waals surface area (Å²) in [6.45, 7) is 0.739.